The predicted molar refractivity (Wildman–Crippen MR) is 154 cm³/mol. The molecule has 0 saturated carbocycles. The zero-order chi connectivity index (χ0) is 25.7. The molecule has 0 atom stereocenters. The quantitative estimate of drug-likeness (QED) is 0.535. The summed E-state index contributed by atoms with van der Waals surface area (Å²) < 4.78 is 0. The summed E-state index contributed by atoms with van der Waals surface area (Å²) in [5, 5.41) is 2.57. The lowest BCUT2D eigenvalue weighted by atomic mass is 10.0. The number of rotatable bonds is 6. The fraction of sp³-hybridized carbons (Fsp3) is 0.250. The van der Waals surface area contributed by atoms with Crippen LogP contribution in [0, 0.1) is 0 Å². The summed E-state index contributed by atoms with van der Waals surface area (Å²) in [6.45, 7) is 0. The Morgan fingerprint density at radius 3 is 0.972 bits per heavy atom. The maximum absolute atomic E-state index is 2.42. The van der Waals surface area contributed by atoms with E-state index >= 15 is 0 Å². The molecule has 0 amide bonds. The van der Waals surface area contributed by atoms with Crippen molar-refractivity contribution in [2.75, 3.05) is 56.4 Å². The van der Waals surface area contributed by atoms with E-state index in [0.717, 1.165) is 0 Å². The average molecular weight is 477 g/mol. The van der Waals surface area contributed by atoms with Crippen LogP contribution >= 0.6 is 0 Å². The average Bonchev–Trinajstić information content (AvgIpc) is 3.36. The van der Waals surface area contributed by atoms with Crippen molar-refractivity contribution < 1.29 is 0 Å². The molecule has 0 fully saturated rings. The first kappa shape index (κ1) is 23.8. The Hall–Kier alpha value is -3.92. The van der Waals surface area contributed by atoms with Gasteiger partial charge >= 0.3 is 0 Å². The molecule has 0 spiro atoms. The first-order valence-corrected chi connectivity index (χ1v) is 12.4. The Morgan fingerprint density at radius 2 is 0.694 bits per heavy atom. The van der Waals surface area contributed by atoms with Gasteiger partial charge in [0.15, 0.2) is 0 Å². The van der Waals surface area contributed by atoms with Crippen LogP contribution < -0.4 is 10.4 Å². The normalized spacial score (nSPS) is 14.3. The topological polar surface area (TPSA) is 13.0 Å². The lowest BCUT2D eigenvalue weighted by molar-refractivity contribution is 0.587. The van der Waals surface area contributed by atoms with Crippen molar-refractivity contribution in [1.29, 1.82) is 0 Å². The van der Waals surface area contributed by atoms with Crippen LogP contribution in [0.25, 0.3) is 33.9 Å². The fourth-order valence-electron chi connectivity index (χ4n) is 5.76. The van der Waals surface area contributed by atoms with Crippen LogP contribution in [0.5, 0.6) is 0 Å². The molecule has 0 bridgehead atoms. The Bertz CT molecular complexity index is 1390. The molecule has 5 rings (SSSR count). The van der Waals surface area contributed by atoms with E-state index in [4.69, 9.17) is 0 Å². The number of likely N-dealkylation sites (N-methyl/N-ethyl adjacent to an activating group) is 2. The Kier molecular flexibility index (Phi) is 5.91. The highest BCUT2D eigenvalue weighted by atomic mass is 15.1. The first-order valence-electron chi connectivity index (χ1n) is 12.4. The van der Waals surface area contributed by atoms with Gasteiger partial charge in [-0.2, -0.15) is 0 Å². The summed E-state index contributed by atoms with van der Waals surface area (Å²) in [6, 6.07) is 26.4. The van der Waals surface area contributed by atoms with Gasteiger partial charge in [-0.25, -0.2) is 0 Å². The second-order valence-electron chi connectivity index (χ2n) is 10.4. The van der Waals surface area contributed by atoms with Gasteiger partial charge in [0, 0.05) is 89.1 Å². The van der Waals surface area contributed by atoms with Crippen LogP contribution in [0.1, 0.15) is 22.3 Å². The molecule has 0 saturated heterocycles. The smallest absolute Gasteiger partial charge is 0.0542 e. The van der Waals surface area contributed by atoms with Crippen molar-refractivity contribution in [2.45, 2.75) is 0 Å². The van der Waals surface area contributed by atoms with E-state index in [0.29, 0.717) is 0 Å². The number of nitrogens with zero attached hydrogens (tertiary/aromatic N) is 4. The summed E-state index contributed by atoms with van der Waals surface area (Å²) in [7, 11) is 17.2. The van der Waals surface area contributed by atoms with Crippen LogP contribution in [0.2, 0.25) is 0 Å². The van der Waals surface area contributed by atoms with Crippen molar-refractivity contribution in [1.82, 2.24) is 19.6 Å². The minimum atomic E-state index is 1.24. The number of hydrogen-bond acceptors (Lipinski definition) is 4. The van der Waals surface area contributed by atoms with Gasteiger partial charge in [0.05, 0.1) is 22.8 Å². The van der Waals surface area contributed by atoms with Gasteiger partial charge in [0.1, 0.15) is 0 Å². The number of fused-ring (bicyclic) bond motifs is 2. The molecule has 2 aliphatic carbocycles. The third-order valence-electron chi connectivity index (χ3n) is 7.04. The second-order valence-corrected chi connectivity index (χ2v) is 10.4. The molecular weight excluding hydrogens is 440 g/mol. The molecule has 184 valence electrons. The molecular formula is C32H36N4. The van der Waals surface area contributed by atoms with E-state index in [1.165, 1.54) is 66.6 Å². The molecule has 0 heterocycles. The minimum absolute atomic E-state index is 1.24. The molecule has 0 aliphatic heterocycles. The maximum atomic E-state index is 2.42. The van der Waals surface area contributed by atoms with Crippen molar-refractivity contribution in [2.24, 2.45) is 0 Å². The SMILES string of the molecule is CN(C)C1=C(c2ccccc2)C(N(C)C)=c2cc3c(cc21)=C(N(C)C)C(c1ccccc1)=C3N(C)C. The maximum Gasteiger partial charge on any atom is 0.0542 e. The minimum Gasteiger partial charge on any atom is -0.377 e. The number of hydrogen-bond donors (Lipinski definition) is 0. The molecule has 0 aromatic heterocycles. The first-order chi connectivity index (χ1) is 17.2. The van der Waals surface area contributed by atoms with Crippen LogP contribution in [0.15, 0.2) is 72.8 Å². The lowest BCUT2D eigenvalue weighted by Gasteiger charge is -2.23. The molecule has 0 N–H and O–H groups in total. The molecule has 4 heteroatoms. The van der Waals surface area contributed by atoms with E-state index in [-0.39, 0.29) is 0 Å². The standard InChI is InChI=1S/C32H36N4/c1-33(2)29-23-19-25-26(20-24(23)30(34(3)4)27(29)21-15-11-9-12-16-21)32(36(7)8)28(31(25)35(5)6)22-17-13-10-14-18-22/h9-20H,1-8H3. The van der Waals surface area contributed by atoms with Crippen molar-refractivity contribution in [3.63, 3.8) is 0 Å². The Labute approximate surface area is 215 Å². The molecule has 3 aromatic carbocycles. The van der Waals surface area contributed by atoms with Gasteiger partial charge in [-0.15, -0.1) is 0 Å². The summed E-state index contributed by atoms with van der Waals surface area (Å²) in [5.74, 6) is 0. The summed E-state index contributed by atoms with van der Waals surface area (Å²) in [6.07, 6.45) is 0. The van der Waals surface area contributed by atoms with Crippen molar-refractivity contribution >= 4 is 33.9 Å². The lowest BCUT2D eigenvalue weighted by Crippen LogP contribution is -2.26. The zero-order valence-corrected chi connectivity index (χ0v) is 22.7. The third-order valence-corrected chi connectivity index (χ3v) is 7.04. The molecule has 3 aromatic rings. The van der Waals surface area contributed by atoms with Gasteiger partial charge in [-0.3, -0.25) is 0 Å². The monoisotopic (exact) mass is 476 g/mol. The van der Waals surface area contributed by atoms with Gasteiger partial charge in [-0.05, 0) is 23.3 Å². The van der Waals surface area contributed by atoms with E-state index in [1.54, 1.807) is 0 Å². The molecule has 4 nitrogen and oxygen atoms in total. The summed E-state index contributed by atoms with van der Waals surface area (Å²) in [4.78, 5) is 9.08. The van der Waals surface area contributed by atoms with Crippen LogP contribution in [0.3, 0.4) is 0 Å². The Morgan fingerprint density at radius 1 is 0.389 bits per heavy atom. The predicted octanol–water partition coefficient (Wildman–Crippen LogP) is 3.91. The van der Waals surface area contributed by atoms with Crippen LogP contribution in [-0.2, 0) is 0 Å². The molecule has 36 heavy (non-hydrogen) atoms. The summed E-state index contributed by atoms with van der Waals surface area (Å²) in [5.41, 5.74) is 12.7. The second kappa shape index (κ2) is 8.94. The molecule has 0 unspecified atom stereocenters. The molecule has 2 aliphatic rings. The highest BCUT2D eigenvalue weighted by molar-refractivity contribution is 6.16. The fourth-order valence-corrected chi connectivity index (χ4v) is 5.76. The van der Waals surface area contributed by atoms with E-state index < -0.39 is 0 Å². The van der Waals surface area contributed by atoms with Gasteiger partial charge in [0.25, 0.3) is 0 Å². The van der Waals surface area contributed by atoms with Crippen LogP contribution in [-0.4, -0.2) is 76.0 Å². The van der Waals surface area contributed by atoms with E-state index in [1.807, 2.05) is 0 Å². The highest BCUT2D eigenvalue weighted by Crippen LogP contribution is 2.41. The highest BCUT2D eigenvalue weighted by Gasteiger charge is 2.32. The van der Waals surface area contributed by atoms with E-state index in [9.17, 15) is 0 Å². The van der Waals surface area contributed by atoms with Gasteiger partial charge < -0.3 is 19.6 Å². The van der Waals surface area contributed by atoms with E-state index in [2.05, 4.69) is 149 Å². The van der Waals surface area contributed by atoms with Crippen LogP contribution in [0.4, 0.5) is 0 Å². The largest absolute Gasteiger partial charge is 0.377 e. The third kappa shape index (κ3) is 3.60. The zero-order valence-electron chi connectivity index (χ0n) is 22.7. The Balaban J connectivity index is 1.92. The summed E-state index contributed by atoms with van der Waals surface area (Å²) >= 11 is 0. The molecule has 0 radical (unpaired) electrons. The van der Waals surface area contributed by atoms with Gasteiger partial charge in [-0.1, -0.05) is 60.7 Å². The number of benzene rings is 3. The van der Waals surface area contributed by atoms with Gasteiger partial charge in [0.2, 0.25) is 0 Å². The van der Waals surface area contributed by atoms with Crippen molar-refractivity contribution in [3.05, 3.63) is 105 Å². The van der Waals surface area contributed by atoms with Crippen molar-refractivity contribution in [3.8, 4) is 0 Å².